The monoisotopic (exact) mass is 313 g/mol. The summed E-state index contributed by atoms with van der Waals surface area (Å²) in [6.45, 7) is 1.06. The molecule has 1 aromatic carbocycles. The highest BCUT2D eigenvalue weighted by Gasteiger charge is 2.37. The molecule has 2 aromatic rings. The first-order valence-electron chi connectivity index (χ1n) is 8.47. The van der Waals surface area contributed by atoms with E-state index in [1.165, 1.54) is 32.1 Å². The summed E-state index contributed by atoms with van der Waals surface area (Å²) < 4.78 is 10.9. The average Bonchev–Trinajstić information content (AvgIpc) is 3.04. The van der Waals surface area contributed by atoms with Crippen LogP contribution >= 0.6 is 0 Å². The third-order valence-electron chi connectivity index (χ3n) is 5.33. The Morgan fingerprint density at radius 2 is 1.91 bits per heavy atom. The molecule has 2 atom stereocenters. The van der Waals surface area contributed by atoms with Gasteiger partial charge in [0.2, 0.25) is 0 Å². The smallest absolute Gasteiger partial charge is 0.318 e. The van der Waals surface area contributed by atoms with Crippen LogP contribution in [-0.4, -0.2) is 36.8 Å². The maximum atomic E-state index is 5.59. The van der Waals surface area contributed by atoms with Gasteiger partial charge in [-0.05, 0) is 37.3 Å². The zero-order valence-electron chi connectivity index (χ0n) is 13.8. The van der Waals surface area contributed by atoms with Gasteiger partial charge < -0.3 is 14.4 Å². The Balaban J connectivity index is 1.87. The molecule has 1 saturated heterocycles. The van der Waals surface area contributed by atoms with E-state index in [1.54, 1.807) is 14.2 Å². The van der Waals surface area contributed by atoms with Crippen LogP contribution in [0, 0.1) is 5.92 Å². The normalized spacial score (nSPS) is 23.8. The zero-order chi connectivity index (χ0) is 15.8. The summed E-state index contributed by atoms with van der Waals surface area (Å²) in [7, 11) is 3.33. The third-order valence-corrected chi connectivity index (χ3v) is 5.33. The van der Waals surface area contributed by atoms with Crippen LogP contribution in [0.2, 0.25) is 0 Å². The Labute approximate surface area is 136 Å². The van der Waals surface area contributed by atoms with Crippen molar-refractivity contribution in [3.05, 3.63) is 18.2 Å². The molecule has 0 bridgehead atoms. The molecule has 0 amide bonds. The Kier molecular flexibility index (Phi) is 3.71. The van der Waals surface area contributed by atoms with Crippen LogP contribution < -0.4 is 14.4 Å². The topological polar surface area (TPSA) is 47.5 Å². The number of ether oxygens (including phenoxy) is 2. The van der Waals surface area contributed by atoms with Gasteiger partial charge in [-0.25, -0.2) is 0 Å². The number of hydrogen-bond acceptors (Lipinski definition) is 5. The fourth-order valence-electron chi connectivity index (χ4n) is 4.25. The van der Waals surface area contributed by atoms with E-state index in [0.717, 1.165) is 34.9 Å². The number of benzene rings is 1. The fraction of sp³-hybridized carbons (Fsp3) is 0.556. The highest BCUT2D eigenvalue weighted by atomic mass is 16.5. The Hall–Kier alpha value is -2.04. The third kappa shape index (κ3) is 2.38. The maximum absolute atomic E-state index is 5.59. The minimum Gasteiger partial charge on any atom is -0.496 e. The molecule has 5 heteroatoms. The number of anilines is 1. The lowest BCUT2D eigenvalue weighted by molar-refractivity contribution is 0.340. The molecule has 1 aliphatic carbocycles. The van der Waals surface area contributed by atoms with Crippen molar-refractivity contribution in [2.75, 3.05) is 25.7 Å². The molecule has 122 valence electrons. The van der Waals surface area contributed by atoms with Crippen LogP contribution in [0.15, 0.2) is 18.2 Å². The number of aromatic nitrogens is 2. The van der Waals surface area contributed by atoms with Gasteiger partial charge in [0.1, 0.15) is 11.6 Å². The van der Waals surface area contributed by atoms with E-state index in [4.69, 9.17) is 14.5 Å². The van der Waals surface area contributed by atoms with Gasteiger partial charge in [0, 0.05) is 12.6 Å². The largest absolute Gasteiger partial charge is 0.496 e. The fourth-order valence-corrected chi connectivity index (χ4v) is 4.25. The van der Waals surface area contributed by atoms with E-state index in [1.807, 2.05) is 18.2 Å². The van der Waals surface area contributed by atoms with Crippen LogP contribution in [0.5, 0.6) is 11.8 Å². The van der Waals surface area contributed by atoms with Gasteiger partial charge in [-0.3, -0.25) is 0 Å². The van der Waals surface area contributed by atoms with Crippen molar-refractivity contribution in [2.45, 2.75) is 38.1 Å². The summed E-state index contributed by atoms with van der Waals surface area (Å²) in [5.74, 6) is 2.60. The number of fused-ring (bicyclic) bond motifs is 2. The molecule has 1 aromatic heterocycles. The summed E-state index contributed by atoms with van der Waals surface area (Å²) in [5.41, 5.74) is 0.880. The van der Waals surface area contributed by atoms with Crippen molar-refractivity contribution in [2.24, 2.45) is 5.92 Å². The second kappa shape index (κ2) is 5.87. The number of methoxy groups -OCH3 is 2. The van der Waals surface area contributed by atoms with Crippen molar-refractivity contribution in [1.29, 1.82) is 0 Å². The average molecular weight is 313 g/mol. The van der Waals surface area contributed by atoms with E-state index >= 15 is 0 Å². The lowest BCUT2D eigenvalue weighted by Crippen LogP contribution is -2.35. The predicted octanol–water partition coefficient (Wildman–Crippen LogP) is 3.42. The van der Waals surface area contributed by atoms with Crippen LogP contribution in [0.3, 0.4) is 0 Å². The first kappa shape index (κ1) is 14.5. The highest BCUT2D eigenvalue weighted by Crippen LogP contribution is 2.42. The Bertz CT molecular complexity index is 719. The van der Waals surface area contributed by atoms with E-state index < -0.39 is 0 Å². The molecule has 1 saturated carbocycles. The zero-order valence-corrected chi connectivity index (χ0v) is 13.8. The molecule has 2 heterocycles. The van der Waals surface area contributed by atoms with Crippen molar-refractivity contribution in [3.63, 3.8) is 0 Å². The van der Waals surface area contributed by atoms with Crippen molar-refractivity contribution < 1.29 is 9.47 Å². The molecule has 2 aliphatic rings. The molecular weight excluding hydrogens is 290 g/mol. The van der Waals surface area contributed by atoms with Gasteiger partial charge in [0.25, 0.3) is 0 Å². The molecule has 5 nitrogen and oxygen atoms in total. The van der Waals surface area contributed by atoms with Crippen LogP contribution in [0.4, 0.5) is 5.82 Å². The number of rotatable bonds is 3. The Morgan fingerprint density at radius 3 is 2.74 bits per heavy atom. The van der Waals surface area contributed by atoms with Crippen LogP contribution in [0.25, 0.3) is 10.9 Å². The molecular formula is C18H23N3O2. The second-order valence-corrected chi connectivity index (χ2v) is 6.48. The van der Waals surface area contributed by atoms with Gasteiger partial charge in [0.15, 0.2) is 0 Å². The summed E-state index contributed by atoms with van der Waals surface area (Å²) in [4.78, 5) is 11.7. The lowest BCUT2D eigenvalue weighted by Gasteiger charge is -2.33. The second-order valence-electron chi connectivity index (χ2n) is 6.48. The van der Waals surface area contributed by atoms with E-state index in [-0.39, 0.29) is 0 Å². The van der Waals surface area contributed by atoms with E-state index in [9.17, 15) is 0 Å². The number of hydrogen-bond donors (Lipinski definition) is 0. The quantitative estimate of drug-likeness (QED) is 0.869. The van der Waals surface area contributed by atoms with Crippen molar-refractivity contribution >= 4 is 16.7 Å². The molecule has 23 heavy (non-hydrogen) atoms. The first-order chi connectivity index (χ1) is 11.3. The van der Waals surface area contributed by atoms with Crippen LogP contribution in [0.1, 0.15) is 32.1 Å². The lowest BCUT2D eigenvalue weighted by atomic mass is 9.85. The molecule has 4 rings (SSSR count). The molecule has 0 N–H and O–H groups in total. The molecule has 0 radical (unpaired) electrons. The first-order valence-corrected chi connectivity index (χ1v) is 8.47. The molecule has 1 aliphatic heterocycles. The molecule has 0 spiro atoms. The summed E-state index contributed by atoms with van der Waals surface area (Å²) >= 11 is 0. The maximum Gasteiger partial charge on any atom is 0.318 e. The highest BCUT2D eigenvalue weighted by molar-refractivity contribution is 5.95. The predicted molar refractivity (Wildman–Crippen MR) is 90.4 cm³/mol. The Morgan fingerprint density at radius 1 is 1.04 bits per heavy atom. The number of nitrogens with zero attached hydrogens (tertiary/aromatic N) is 3. The minimum atomic E-state index is 0.431. The van der Waals surface area contributed by atoms with Crippen molar-refractivity contribution in [3.8, 4) is 11.8 Å². The van der Waals surface area contributed by atoms with E-state index in [2.05, 4.69) is 9.88 Å². The van der Waals surface area contributed by atoms with Gasteiger partial charge >= 0.3 is 6.01 Å². The van der Waals surface area contributed by atoms with Gasteiger partial charge in [-0.15, -0.1) is 0 Å². The molecule has 0 unspecified atom stereocenters. The van der Waals surface area contributed by atoms with Gasteiger partial charge in [-0.2, -0.15) is 9.97 Å². The standard InChI is InChI=1S/C18H23N3O2/c1-22-15-9-5-7-13-16(15)17(20-18(19-13)23-2)21-11-10-12-6-3-4-8-14(12)21/h5,7,9,12,14H,3-4,6,8,10-11H2,1-2H3/t12-,14-/m0/s1. The minimum absolute atomic E-state index is 0.431. The summed E-state index contributed by atoms with van der Waals surface area (Å²) in [5, 5.41) is 1.00. The SMILES string of the molecule is COc1nc(N2CC[C@@H]3CCCC[C@@H]32)c2c(OC)cccc2n1. The summed E-state index contributed by atoms with van der Waals surface area (Å²) in [6, 6.07) is 6.97. The molecule has 2 fully saturated rings. The van der Waals surface area contributed by atoms with Gasteiger partial charge in [-0.1, -0.05) is 18.9 Å². The summed E-state index contributed by atoms with van der Waals surface area (Å²) in [6.07, 6.45) is 6.54. The van der Waals surface area contributed by atoms with Crippen LogP contribution in [-0.2, 0) is 0 Å². The van der Waals surface area contributed by atoms with Crippen molar-refractivity contribution in [1.82, 2.24) is 9.97 Å². The van der Waals surface area contributed by atoms with Gasteiger partial charge in [0.05, 0.1) is 25.1 Å². The van der Waals surface area contributed by atoms with E-state index in [0.29, 0.717) is 12.1 Å².